The Morgan fingerprint density at radius 1 is 1.07 bits per heavy atom. The molecular weight excluding hydrogens is 401 g/mol. The third-order valence-electron chi connectivity index (χ3n) is 6.36. The number of nitrogens with one attached hydrogen (secondary N) is 2. The Hall–Kier alpha value is -1.60. The minimum Gasteiger partial charge on any atom is -0.353 e. The van der Waals surface area contributed by atoms with E-state index in [2.05, 4.69) is 15.5 Å². The van der Waals surface area contributed by atoms with Gasteiger partial charge in [0, 0.05) is 17.8 Å². The average molecular weight is 436 g/mol. The maximum atomic E-state index is 13.0. The smallest absolute Gasteiger partial charge is 0.234 e. The van der Waals surface area contributed by atoms with E-state index < -0.39 is 0 Å². The van der Waals surface area contributed by atoms with Crippen molar-refractivity contribution in [2.45, 2.75) is 69.1 Å². The number of thioether (sulfide) groups is 1. The Morgan fingerprint density at radius 2 is 1.70 bits per heavy atom. The van der Waals surface area contributed by atoms with E-state index in [-0.39, 0.29) is 34.2 Å². The summed E-state index contributed by atoms with van der Waals surface area (Å²) in [5.74, 6) is -0.351. The van der Waals surface area contributed by atoms with Crippen molar-refractivity contribution in [2.75, 3.05) is 30.7 Å². The van der Waals surface area contributed by atoms with E-state index in [4.69, 9.17) is 0 Å². The highest BCUT2D eigenvalue weighted by molar-refractivity contribution is 8.01. The first-order valence-electron chi connectivity index (χ1n) is 11.2. The van der Waals surface area contributed by atoms with Crippen LogP contribution >= 0.6 is 11.8 Å². The van der Waals surface area contributed by atoms with Crippen LogP contribution in [0.1, 0.15) is 58.3 Å². The van der Waals surface area contributed by atoms with Gasteiger partial charge in [-0.15, -0.1) is 11.8 Å². The zero-order valence-electron chi connectivity index (χ0n) is 17.9. The molecule has 3 rings (SSSR count). The second-order valence-corrected chi connectivity index (χ2v) is 9.89. The van der Waals surface area contributed by atoms with Crippen molar-refractivity contribution in [3.63, 3.8) is 0 Å². The summed E-state index contributed by atoms with van der Waals surface area (Å²) in [6.07, 6.45) is 9.91. The molecule has 1 aromatic carbocycles. The van der Waals surface area contributed by atoms with Crippen LogP contribution in [0, 0.1) is 5.82 Å². The Morgan fingerprint density at radius 3 is 2.37 bits per heavy atom. The predicted octanol–water partition coefficient (Wildman–Crippen LogP) is 4.19. The molecule has 30 heavy (non-hydrogen) atoms. The number of hydrogen-bond acceptors (Lipinski definition) is 4. The number of rotatable bonds is 8. The Balaban J connectivity index is 1.45. The van der Waals surface area contributed by atoms with Gasteiger partial charge < -0.3 is 10.6 Å². The number of benzene rings is 1. The minimum absolute atomic E-state index is 0.00320. The fraction of sp³-hybridized carbons (Fsp3) is 0.652. The van der Waals surface area contributed by atoms with Crippen LogP contribution in [0.5, 0.6) is 0 Å². The molecular formula is C23H34FN3O2S. The number of piperidine rings is 1. The summed E-state index contributed by atoms with van der Waals surface area (Å²) in [5.41, 5.74) is 0.665. The summed E-state index contributed by atoms with van der Waals surface area (Å²) in [7, 11) is 0. The van der Waals surface area contributed by atoms with Crippen LogP contribution in [0.3, 0.4) is 0 Å². The van der Waals surface area contributed by atoms with Crippen molar-refractivity contribution < 1.29 is 14.0 Å². The number of carbonyl (C=O) groups excluding carboxylic acids is 2. The van der Waals surface area contributed by atoms with Crippen LogP contribution in [-0.4, -0.2) is 52.9 Å². The second kappa shape index (κ2) is 11.1. The van der Waals surface area contributed by atoms with Gasteiger partial charge in [-0.05, 0) is 70.0 Å². The summed E-state index contributed by atoms with van der Waals surface area (Å²) in [4.78, 5) is 27.4. The zero-order chi connectivity index (χ0) is 21.4. The molecule has 166 valence electrons. The van der Waals surface area contributed by atoms with Crippen molar-refractivity contribution in [3.05, 3.63) is 30.1 Å². The Labute approximate surface area is 183 Å². The molecule has 2 N–H and O–H groups in total. The highest BCUT2D eigenvalue weighted by Gasteiger charge is 2.38. The number of likely N-dealkylation sites (tertiary alicyclic amines) is 1. The molecule has 1 heterocycles. The maximum Gasteiger partial charge on any atom is 0.234 e. The largest absolute Gasteiger partial charge is 0.353 e. The van der Waals surface area contributed by atoms with E-state index >= 15 is 0 Å². The Kier molecular flexibility index (Phi) is 8.57. The van der Waals surface area contributed by atoms with E-state index in [0.717, 1.165) is 25.9 Å². The number of amides is 2. The van der Waals surface area contributed by atoms with Crippen molar-refractivity contribution in [1.82, 2.24) is 10.2 Å². The molecule has 2 amide bonds. The summed E-state index contributed by atoms with van der Waals surface area (Å²) < 4.78 is 13.0. The monoisotopic (exact) mass is 435 g/mol. The van der Waals surface area contributed by atoms with E-state index in [1.165, 1.54) is 74.6 Å². The van der Waals surface area contributed by atoms with Gasteiger partial charge in [-0.1, -0.05) is 25.7 Å². The Bertz CT molecular complexity index is 701. The first kappa shape index (κ1) is 23.1. The molecule has 1 aliphatic heterocycles. The van der Waals surface area contributed by atoms with Gasteiger partial charge in [0.25, 0.3) is 0 Å². The quantitative estimate of drug-likeness (QED) is 0.643. The van der Waals surface area contributed by atoms with E-state index in [0.29, 0.717) is 12.2 Å². The molecule has 1 saturated heterocycles. The molecule has 2 aliphatic rings. The lowest BCUT2D eigenvalue weighted by Crippen LogP contribution is -2.58. The van der Waals surface area contributed by atoms with Crippen LogP contribution in [0.15, 0.2) is 24.3 Å². The molecule has 0 radical (unpaired) electrons. The summed E-state index contributed by atoms with van der Waals surface area (Å²) in [5, 5.41) is 5.63. The van der Waals surface area contributed by atoms with Crippen LogP contribution in [0.25, 0.3) is 0 Å². The third kappa shape index (κ3) is 6.45. The van der Waals surface area contributed by atoms with Crippen molar-refractivity contribution in [3.8, 4) is 0 Å². The first-order valence-corrected chi connectivity index (χ1v) is 12.2. The van der Waals surface area contributed by atoms with Gasteiger partial charge in [-0.3, -0.25) is 14.5 Å². The van der Waals surface area contributed by atoms with E-state index in [9.17, 15) is 14.0 Å². The summed E-state index contributed by atoms with van der Waals surface area (Å²) >= 11 is 1.32. The van der Waals surface area contributed by atoms with Crippen LogP contribution in [-0.2, 0) is 9.59 Å². The fourth-order valence-electron chi connectivity index (χ4n) is 4.58. The van der Waals surface area contributed by atoms with Crippen molar-refractivity contribution >= 4 is 29.3 Å². The van der Waals surface area contributed by atoms with Gasteiger partial charge >= 0.3 is 0 Å². The van der Waals surface area contributed by atoms with Gasteiger partial charge in [0.05, 0.1) is 11.0 Å². The molecule has 0 bridgehead atoms. The second-order valence-electron chi connectivity index (χ2n) is 8.56. The molecule has 1 atom stereocenters. The van der Waals surface area contributed by atoms with Crippen molar-refractivity contribution in [1.29, 1.82) is 0 Å². The highest BCUT2D eigenvalue weighted by atomic mass is 32.2. The average Bonchev–Trinajstić information content (AvgIpc) is 2.78. The highest BCUT2D eigenvalue weighted by Crippen LogP contribution is 2.35. The van der Waals surface area contributed by atoms with Crippen LogP contribution in [0.4, 0.5) is 10.1 Å². The van der Waals surface area contributed by atoms with Crippen LogP contribution in [0.2, 0.25) is 0 Å². The molecule has 0 spiro atoms. The van der Waals surface area contributed by atoms with Crippen molar-refractivity contribution in [2.24, 2.45) is 0 Å². The zero-order valence-corrected chi connectivity index (χ0v) is 18.7. The maximum absolute atomic E-state index is 13.0. The SMILES string of the molecule is CC(SCC(=O)Nc1ccc(F)cc1)C(=O)NCC1(N2CCCCC2)CCCCC1. The lowest BCUT2D eigenvalue weighted by atomic mass is 9.79. The number of nitrogens with zero attached hydrogens (tertiary/aromatic N) is 1. The standard InChI is InChI=1S/C23H34FN3O2S/c1-18(30-16-21(28)26-20-10-8-19(24)9-11-20)22(29)25-17-23(12-4-2-5-13-23)27-14-6-3-7-15-27/h8-11,18H,2-7,12-17H2,1H3,(H,25,29)(H,26,28). The molecule has 0 aromatic heterocycles. The third-order valence-corrected chi connectivity index (χ3v) is 7.51. The fourth-order valence-corrected chi connectivity index (χ4v) is 5.29. The number of hydrogen-bond donors (Lipinski definition) is 2. The van der Waals surface area contributed by atoms with Gasteiger partial charge in [0.1, 0.15) is 5.82 Å². The van der Waals surface area contributed by atoms with E-state index in [1.54, 1.807) is 0 Å². The minimum atomic E-state index is -0.340. The lowest BCUT2D eigenvalue weighted by Gasteiger charge is -2.48. The molecule has 1 unspecified atom stereocenters. The summed E-state index contributed by atoms with van der Waals surface area (Å²) in [6, 6.07) is 5.67. The normalized spacial score (nSPS) is 20.3. The first-order chi connectivity index (χ1) is 14.5. The van der Waals surface area contributed by atoms with Gasteiger partial charge in [-0.2, -0.15) is 0 Å². The number of halogens is 1. The number of carbonyl (C=O) groups is 2. The van der Waals surface area contributed by atoms with E-state index in [1.807, 2.05) is 6.92 Å². The lowest BCUT2D eigenvalue weighted by molar-refractivity contribution is -0.121. The summed E-state index contributed by atoms with van der Waals surface area (Å²) in [6.45, 7) is 4.84. The molecule has 5 nitrogen and oxygen atoms in total. The van der Waals surface area contributed by atoms with Gasteiger partial charge in [0.2, 0.25) is 11.8 Å². The van der Waals surface area contributed by atoms with Crippen LogP contribution < -0.4 is 10.6 Å². The number of anilines is 1. The van der Waals surface area contributed by atoms with Gasteiger partial charge in [-0.25, -0.2) is 4.39 Å². The molecule has 1 aliphatic carbocycles. The molecule has 7 heteroatoms. The molecule has 1 aromatic rings. The predicted molar refractivity (Wildman–Crippen MR) is 121 cm³/mol. The molecule has 2 fully saturated rings. The topological polar surface area (TPSA) is 61.4 Å². The molecule has 1 saturated carbocycles. The van der Waals surface area contributed by atoms with Gasteiger partial charge in [0.15, 0.2) is 0 Å².